The van der Waals surface area contributed by atoms with Gasteiger partial charge in [0.05, 0.1) is 15.6 Å². The molecule has 1 unspecified atom stereocenters. The Morgan fingerprint density at radius 3 is 2.29 bits per heavy atom. The van der Waals surface area contributed by atoms with E-state index in [2.05, 4.69) is 31.9 Å². The monoisotopic (exact) mass is 431 g/mol. The molecule has 21 heavy (non-hydrogen) atoms. The molecule has 0 aliphatic heterocycles. The van der Waals surface area contributed by atoms with Gasteiger partial charge in [-0.05, 0) is 68.8 Å². The van der Waals surface area contributed by atoms with E-state index >= 15 is 0 Å². The van der Waals surface area contributed by atoms with E-state index in [1.165, 1.54) is 0 Å². The van der Waals surface area contributed by atoms with Crippen LogP contribution < -0.4 is 10.5 Å². The van der Waals surface area contributed by atoms with Gasteiger partial charge in [0.15, 0.2) is 0 Å². The van der Waals surface area contributed by atoms with Crippen molar-refractivity contribution < 1.29 is 17.9 Å². The Kier molecular flexibility index (Phi) is 7.50. The van der Waals surface area contributed by atoms with Crippen LogP contribution in [0.25, 0.3) is 0 Å². The van der Waals surface area contributed by atoms with Gasteiger partial charge in [-0.25, -0.2) is 0 Å². The number of halogens is 5. The summed E-state index contributed by atoms with van der Waals surface area (Å²) in [6, 6.07) is 3.86. The second kappa shape index (κ2) is 8.39. The molecule has 1 aromatic rings. The van der Waals surface area contributed by atoms with Crippen LogP contribution in [-0.4, -0.2) is 18.8 Å². The van der Waals surface area contributed by atoms with E-state index in [0.717, 1.165) is 18.4 Å². The summed E-state index contributed by atoms with van der Waals surface area (Å²) in [5, 5.41) is 0. The highest BCUT2D eigenvalue weighted by Crippen LogP contribution is 2.35. The van der Waals surface area contributed by atoms with E-state index in [1.807, 2.05) is 19.1 Å². The number of nitrogens with two attached hydrogens (primary N) is 1. The van der Waals surface area contributed by atoms with Crippen LogP contribution in [0.3, 0.4) is 0 Å². The molecule has 0 aromatic heterocycles. The fourth-order valence-electron chi connectivity index (χ4n) is 1.76. The van der Waals surface area contributed by atoms with Crippen molar-refractivity contribution in [3.8, 4) is 5.75 Å². The molecule has 7 heteroatoms. The quantitative estimate of drug-likeness (QED) is 0.600. The summed E-state index contributed by atoms with van der Waals surface area (Å²) >= 11 is 6.77. The number of alkyl halides is 3. The summed E-state index contributed by atoms with van der Waals surface area (Å²) in [4.78, 5) is 0. The Morgan fingerprint density at radius 2 is 1.81 bits per heavy atom. The summed E-state index contributed by atoms with van der Waals surface area (Å²) in [5.41, 5.74) is 6.96. The van der Waals surface area contributed by atoms with Crippen LogP contribution in [0.15, 0.2) is 21.1 Å². The highest BCUT2D eigenvalue weighted by Gasteiger charge is 2.26. The first-order chi connectivity index (χ1) is 9.73. The Hall–Kier alpha value is -0.270. The van der Waals surface area contributed by atoms with Crippen molar-refractivity contribution in [2.24, 2.45) is 5.73 Å². The molecule has 120 valence electrons. The van der Waals surface area contributed by atoms with Gasteiger partial charge in [0.1, 0.15) is 5.75 Å². The lowest BCUT2D eigenvalue weighted by Gasteiger charge is -2.14. The fraction of sp³-hybridized carbons (Fsp3) is 0.571. The molecule has 0 heterocycles. The van der Waals surface area contributed by atoms with Gasteiger partial charge in [0, 0.05) is 12.5 Å². The maximum Gasteiger partial charge on any atom is 0.389 e. The number of benzene rings is 1. The first-order valence-corrected chi connectivity index (χ1v) is 8.24. The van der Waals surface area contributed by atoms with E-state index in [4.69, 9.17) is 10.5 Å². The van der Waals surface area contributed by atoms with Crippen molar-refractivity contribution in [2.45, 2.75) is 44.8 Å². The van der Waals surface area contributed by atoms with Crippen molar-refractivity contribution >= 4 is 31.9 Å². The molecule has 0 aliphatic carbocycles. The van der Waals surface area contributed by atoms with Gasteiger partial charge in [0.2, 0.25) is 0 Å². The SMILES string of the molecule is CCC(N)Cc1cc(Br)c(OCCCC(F)(F)F)c(Br)c1. The van der Waals surface area contributed by atoms with Gasteiger partial charge < -0.3 is 10.5 Å². The van der Waals surface area contributed by atoms with Crippen LogP contribution >= 0.6 is 31.9 Å². The Morgan fingerprint density at radius 1 is 1.24 bits per heavy atom. The molecule has 0 radical (unpaired) electrons. The molecular formula is C14H18Br2F3NO. The third-order valence-electron chi connectivity index (χ3n) is 2.93. The average Bonchev–Trinajstić information content (AvgIpc) is 2.35. The molecule has 0 fully saturated rings. The van der Waals surface area contributed by atoms with Gasteiger partial charge in [-0.3, -0.25) is 0 Å². The highest BCUT2D eigenvalue weighted by atomic mass is 79.9. The highest BCUT2D eigenvalue weighted by molar-refractivity contribution is 9.11. The van der Waals surface area contributed by atoms with Gasteiger partial charge >= 0.3 is 6.18 Å². The summed E-state index contributed by atoms with van der Waals surface area (Å²) in [7, 11) is 0. The van der Waals surface area contributed by atoms with Crippen molar-refractivity contribution in [3.63, 3.8) is 0 Å². The van der Waals surface area contributed by atoms with Crippen LogP contribution in [0.4, 0.5) is 13.2 Å². The van der Waals surface area contributed by atoms with E-state index in [1.54, 1.807) is 0 Å². The van der Waals surface area contributed by atoms with Crippen LogP contribution in [0.1, 0.15) is 31.7 Å². The fourth-order valence-corrected chi connectivity index (χ4v) is 3.27. The lowest BCUT2D eigenvalue weighted by atomic mass is 10.0. The molecule has 1 aromatic carbocycles. The lowest BCUT2D eigenvalue weighted by Crippen LogP contribution is -2.21. The Labute approximate surface area is 139 Å². The van der Waals surface area contributed by atoms with Crippen LogP contribution in [-0.2, 0) is 6.42 Å². The van der Waals surface area contributed by atoms with Gasteiger partial charge in [0.25, 0.3) is 0 Å². The zero-order valence-electron chi connectivity index (χ0n) is 11.6. The van der Waals surface area contributed by atoms with Crippen LogP contribution in [0, 0.1) is 0 Å². The molecule has 0 amide bonds. The molecule has 0 saturated heterocycles. The third kappa shape index (κ3) is 7.02. The number of ether oxygens (including phenoxy) is 1. The van der Waals surface area contributed by atoms with Crippen molar-refractivity contribution in [2.75, 3.05) is 6.61 Å². The maximum atomic E-state index is 12.1. The van der Waals surface area contributed by atoms with Gasteiger partial charge in [-0.15, -0.1) is 0 Å². The van der Waals surface area contributed by atoms with E-state index < -0.39 is 12.6 Å². The Balaban J connectivity index is 2.63. The largest absolute Gasteiger partial charge is 0.491 e. The molecule has 2 nitrogen and oxygen atoms in total. The number of hydrogen-bond donors (Lipinski definition) is 1. The Bertz CT molecular complexity index is 443. The molecule has 0 bridgehead atoms. The molecule has 1 atom stereocenters. The topological polar surface area (TPSA) is 35.2 Å². The first-order valence-electron chi connectivity index (χ1n) is 6.66. The predicted molar refractivity (Wildman–Crippen MR) is 84.6 cm³/mol. The normalized spacial score (nSPS) is 13.3. The summed E-state index contributed by atoms with van der Waals surface area (Å²) in [6.45, 7) is 2.04. The summed E-state index contributed by atoms with van der Waals surface area (Å²) in [6.07, 6.45) is -3.43. The molecule has 0 aliphatic rings. The van der Waals surface area contributed by atoms with E-state index in [-0.39, 0.29) is 19.1 Å². The smallest absolute Gasteiger partial charge is 0.389 e. The average molecular weight is 433 g/mol. The van der Waals surface area contributed by atoms with Crippen molar-refractivity contribution in [1.82, 2.24) is 0 Å². The van der Waals surface area contributed by atoms with Crippen LogP contribution in [0.5, 0.6) is 5.75 Å². The summed E-state index contributed by atoms with van der Waals surface area (Å²) < 4.78 is 43.0. The maximum absolute atomic E-state index is 12.1. The van der Waals surface area contributed by atoms with Gasteiger partial charge in [-0.2, -0.15) is 13.2 Å². The predicted octanol–water partition coefficient (Wildman–Crippen LogP) is 5.21. The van der Waals surface area contributed by atoms with E-state index in [9.17, 15) is 13.2 Å². The zero-order valence-corrected chi connectivity index (χ0v) is 14.8. The standard InChI is InChI=1S/C14H18Br2F3NO/c1-2-10(20)6-9-7-11(15)13(12(16)8-9)21-5-3-4-14(17,18)19/h7-8,10H,2-6,20H2,1H3. The van der Waals surface area contributed by atoms with Crippen LogP contribution in [0.2, 0.25) is 0 Å². The molecule has 1 rings (SSSR count). The molecule has 2 N–H and O–H groups in total. The second-order valence-corrected chi connectivity index (χ2v) is 6.54. The first kappa shape index (κ1) is 18.8. The lowest BCUT2D eigenvalue weighted by molar-refractivity contribution is -0.136. The minimum Gasteiger partial charge on any atom is -0.491 e. The van der Waals surface area contributed by atoms with E-state index in [0.29, 0.717) is 14.7 Å². The molecular weight excluding hydrogens is 415 g/mol. The zero-order chi connectivity index (χ0) is 16.0. The third-order valence-corrected chi connectivity index (χ3v) is 4.11. The van der Waals surface area contributed by atoms with Crippen molar-refractivity contribution in [1.29, 1.82) is 0 Å². The minimum absolute atomic E-state index is 0.0184. The second-order valence-electron chi connectivity index (χ2n) is 4.83. The van der Waals surface area contributed by atoms with Crippen molar-refractivity contribution in [3.05, 3.63) is 26.6 Å². The minimum atomic E-state index is -4.14. The number of rotatable bonds is 7. The summed E-state index contributed by atoms with van der Waals surface area (Å²) in [5.74, 6) is 0.519. The van der Waals surface area contributed by atoms with Gasteiger partial charge in [-0.1, -0.05) is 6.92 Å². The molecule has 0 saturated carbocycles. The molecule has 0 spiro atoms. The number of hydrogen-bond acceptors (Lipinski definition) is 2.